The van der Waals surface area contributed by atoms with Crippen LogP contribution in [0.4, 0.5) is 5.69 Å². The number of nitro groups is 1. The molecule has 0 unspecified atom stereocenters. The van der Waals surface area contributed by atoms with Gasteiger partial charge in [0, 0.05) is 18.3 Å². The number of esters is 1. The Hall–Kier alpha value is -4.67. The number of carbonyl (C=O) groups is 2. The van der Waals surface area contributed by atoms with Gasteiger partial charge in [0.2, 0.25) is 0 Å². The molecule has 0 radical (unpaired) electrons. The number of nitro benzene ring substituents is 1. The average molecular weight is 516 g/mol. The normalized spacial score (nSPS) is 14.6. The van der Waals surface area contributed by atoms with E-state index in [4.69, 9.17) is 9.72 Å². The summed E-state index contributed by atoms with van der Waals surface area (Å²) < 4.78 is 8.34. The highest BCUT2D eigenvalue weighted by Gasteiger charge is 2.26. The highest BCUT2D eigenvalue weighted by Crippen LogP contribution is 2.29. The first-order valence-electron chi connectivity index (χ1n) is 12.5. The van der Waals surface area contributed by atoms with Crippen LogP contribution in [0, 0.1) is 10.1 Å². The predicted octanol–water partition coefficient (Wildman–Crippen LogP) is 3.98. The number of rotatable bonds is 5. The van der Waals surface area contributed by atoms with Crippen LogP contribution in [0.25, 0.3) is 16.7 Å². The summed E-state index contributed by atoms with van der Waals surface area (Å²) in [5.74, 6) is -1.64. The second-order valence-corrected chi connectivity index (χ2v) is 9.04. The molecule has 0 aliphatic heterocycles. The Morgan fingerprint density at radius 1 is 1.11 bits per heavy atom. The molecule has 0 spiro atoms. The van der Waals surface area contributed by atoms with Crippen LogP contribution in [0.1, 0.15) is 65.8 Å². The summed E-state index contributed by atoms with van der Waals surface area (Å²) in [7, 11) is 0. The number of carbonyl (C=O) groups excluding carboxylic acids is 2. The number of fused-ring (bicyclic) bond motifs is 2. The van der Waals surface area contributed by atoms with E-state index in [-0.39, 0.29) is 45.9 Å². The van der Waals surface area contributed by atoms with Crippen LogP contribution in [-0.4, -0.2) is 37.4 Å². The lowest BCUT2D eigenvalue weighted by molar-refractivity contribution is -0.385. The van der Waals surface area contributed by atoms with Crippen LogP contribution in [0.5, 0.6) is 0 Å². The fraction of sp³-hybridized carbons (Fsp3) is 0.296. The Kier molecular flexibility index (Phi) is 6.82. The lowest BCUT2D eigenvalue weighted by Gasteiger charge is -2.27. The number of amides is 1. The van der Waals surface area contributed by atoms with Crippen molar-refractivity contribution in [1.29, 1.82) is 0 Å². The lowest BCUT2D eigenvalue weighted by Crippen LogP contribution is -2.35. The molecule has 0 saturated heterocycles. The second kappa shape index (κ2) is 10.4. The van der Waals surface area contributed by atoms with Crippen LogP contribution in [0.2, 0.25) is 0 Å². The maximum Gasteiger partial charge on any atom is 0.341 e. The van der Waals surface area contributed by atoms with Crippen LogP contribution in [-0.2, 0) is 4.74 Å². The van der Waals surface area contributed by atoms with Gasteiger partial charge in [-0.05, 0) is 44.0 Å². The molecule has 11 nitrogen and oxygen atoms in total. The molecule has 1 aliphatic rings. The number of para-hydroxylation sites is 1. The monoisotopic (exact) mass is 515 g/mol. The second-order valence-electron chi connectivity index (χ2n) is 9.04. The lowest BCUT2D eigenvalue weighted by atomic mass is 9.94. The third-order valence-electron chi connectivity index (χ3n) is 6.71. The zero-order chi connectivity index (χ0) is 26.8. The Morgan fingerprint density at radius 3 is 2.58 bits per heavy atom. The van der Waals surface area contributed by atoms with Gasteiger partial charge in [0.1, 0.15) is 22.4 Å². The van der Waals surface area contributed by atoms with E-state index in [1.165, 1.54) is 34.7 Å². The SMILES string of the molecule is CCOC(=O)c1cc2c(=O)n3ccccc3nc2n(C2CCCCC2)c1=NC(=O)c1ccccc1[N+](=O)[O-]. The molecule has 4 aromatic rings. The van der Waals surface area contributed by atoms with Gasteiger partial charge < -0.3 is 9.30 Å². The number of hydrogen-bond acceptors (Lipinski definition) is 7. The molecule has 0 atom stereocenters. The minimum Gasteiger partial charge on any atom is -0.462 e. The van der Waals surface area contributed by atoms with Crippen LogP contribution < -0.4 is 11.0 Å². The van der Waals surface area contributed by atoms with E-state index < -0.39 is 22.5 Å². The summed E-state index contributed by atoms with van der Waals surface area (Å²) in [4.78, 5) is 60.0. The molecular formula is C27H25N5O6. The van der Waals surface area contributed by atoms with Crippen molar-refractivity contribution in [2.24, 2.45) is 4.99 Å². The van der Waals surface area contributed by atoms with Crippen LogP contribution in [0.3, 0.4) is 0 Å². The fourth-order valence-corrected chi connectivity index (χ4v) is 4.97. The van der Waals surface area contributed by atoms with E-state index in [0.29, 0.717) is 5.65 Å². The Bertz CT molecular complexity index is 1720. The zero-order valence-corrected chi connectivity index (χ0v) is 20.7. The van der Waals surface area contributed by atoms with Gasteiger partial charge in [-0.15, -0.1) is 0 Å². The summed E-state index contributed by atoms with van der Waals surface area (Å²) in [6.07, 6.45) is 5.90. The molecule has 1 aliphatic carbocycles. The summed E-state index contributed by atoms with van der Waals surface area (Å²) in [6, 6.07) is 11.8. The first-order valence-corrected chi connectivity index (χ1v) is 12.5. The molecule has 1 fully saturated rings. The van der Waals surface area contributed by atoms with Gasteiger partial charge in [-0.2, -0.15) is 4.99 Å². The molecule has 194 valence electrons. The van der Waals surface area contributed by atoms with Gasteiger partial charge in [0.15, 0.2) is 5.49 Å². The number of pyridine rings is 2. The van der Waals surface area contributed by atoms with Crippen molar-refractivity contribution in [2.45, 2.75) is 45.1 Å². The Labute approximate surface area is 216 Å². The van der Waals surface area contributed by atoms with Crippen molar-refractivity contribution >= 4 is 34.2 Å². The molecule has 3 heterocycles. The first kappa shape index (κ1) is 25.0. The van der Waals surface area contributed by atoms with E-state index in [9.17, 15) is 24.5 Å². The molecule has 3 aromatic heterocycles. The fourth-order valence-electron chi connectivity index (χ4n) is 4.97. The standard InChI is InChI=1S/C27H25N5O6/c1-2-38-27(35)20-16-19-23(28-22-14-8-9-15-30(22)26(19)34)31(17-10-4-3-5-11-17)24(20)29-25(33)18-12-6-7-13-21(18)32(36)37/h6-9,12-17H,2-5,10-11H2,1H3. The van der Waals surface area contributed by atoms with Crippen LogP contribution >= 0.6 is 0 Å². The van der Waals surface area contributed by atoms with E-state index in [1.54, 1.807) is 35.9 Å². The third kappa shape index (κ3) is 4.47. The highest BCUT2D eigenvalue weighted by atomic mass is 16.6. The maximum atomic E-state index is 13.5. The summed E-state index contributed by atoms with van der Waals surface area (Å²) in [5.41, 5.74) is -0.410. The van der Waals surface area contributed by atoms with Gasteiger partial charge in [0.25, 0.3) is 17.2 Å². The molecule has 38 heavy (non-hydrogen) atoms. The molecule has 0 N–H and O–H groups in total. The summed E-state index contributed by atoms with van der Waals surface area (Å²) in [6.45, 7) is 1.71. The molecule has 1 saturated carbocycles. The van der Waals surface area contributed by atoms with E-state index in [2.05, 4.69) is 4.99 Å². The average Bonchev–Trinajstić information content (AvgIpc) is 2.93. The molecule has 1 amide bonds. The van der Waals surface area contributed by atoms with E-state index in [0.717, 1.165) is 32.1 Å². The largest absolute Gasteiger partial charge is 0.462 e. The van der Waals surface area contributed by atoms with E-state index >= 15 is 0 Å². The van der Waals surface area contributed by atoms with E-state index in [1.807, 2.05) is 0 Å². The number of hydrogen-bond donors (Lipinski definition) is 0. The smallest absolute Gasteiger partial charge is 0.341 e. The van der Waals surface area contributed by atoms with Crippen molar-refractivity contribution < 1.29 is 19.2 Å². The predicted molar refractivity (Wildman–Crippen MR) is 138 cm³/mol. The van der Waals surface area contributed by atoms with Gasteiger partial charge in [-0.1, -0.05) is 37.5 Å². The Balaban J connectivity index is 1.91. The Morgan fingerprint density at radius 2 is 1.84 bits per heavy atom. The van der Waals surface area contributed by atoms with Crippen molar-refractivity contribution in [2.75, 3.05) is 6.61 Å². The molecule has 5 rings (SSSR count). The van der Waals surface area contributed by atoms with Crippen molar-refractivity contribution in [1.82, 2.24) is 14.0 Å². The van der Waals surface area contributed by atoms with Crippen molar-refractivity contribution in [3.05, 3.63) is 91.8 Å². The number of benzene rings is 1. The number of aromatic nitrogens is 3. The quantitative estimate of drug-likeness (QED) is 0.170. The summed E-state index contributed by atoms with van der Waals surface area (Å²) in [5, 5.41) is 11.8. The van der Waals surface area contributed by atoms with Crippen molar-refractivity contribution in [3.8, 4) is 0 Å². The maximum absolute atomic E-state index is 13.5. The molecule has 1 aromatic carbocycles. The number of nitrogens with zero attached hydrogens (tertiary/aromatic N) is 5. The highest BCUT2D eigenvalue weighted by molar-refractivity contribution is 6.00. The number of ether oxygens (including phenoxy) is 1. The summed E-state index contributed by atoms with van der Waals surface area (Å²) >= 11 is 0. The zero-order valence-electron chi connectivity index (χ0n) is 20.7. The first-order chi connectivity index (χ1) is 18.4. The van der Waals surface area contributed by atoms with Crippen LogP contribution in [0.15, 0.2) is 64.5 Å². The molecule has 0 bridgehead atoms. The molecule has 11 heteroatoms. The van der Waals surface area contributed by atoms with Gasteiger partial charge in [-0.25, -0.2) is 9.78 Å². The van der Waals surface area contributed by atoms with Gasteiger partial charge in [-0.3, -0.25) is 24.1 Å². The van der Waals surface area contributed by atoms with Crippen molar-refractivity contribution in [3.63, 3.8) is 0 Å². The van der Waals surface area contributed by atoms with Gasteiger partial charge >= 0.3 is 5.97 Å². The topological polar surface area (TPSA) is 138 Å². The third-order valence-corrected chi connectivity index (χ3v) is 6.71. The molecular weight excluding hydrogens is 490 g/mol. The van der Waals surface area contributed by atoms with Gasteiger partial charge in [0.05, 0.1) is 16.9 Å². The minimum atomic E-state index is -0.885. The minimum absolute atomic E-state index is 0.0295.